The zero-order chi connectivity index (χ0) is 29.6. The molecule has 7 heteroatoms. The summed E-state index contributed by atoms with van der Waals surface area (Å²) in [5.41, 5.74) is 5.86. The average molecular weight is 554 g/mol. The molecule has 1 fully saturated rings. The van der Waals surface area contributed by atoms with Gasteiger partial charge in [-0.25, -0.2) is 4.79 Å². The van der Waals surface area contributed by atoms with Crippen LogP contribution in [0, 0.1) is 0 Å². The van der Waals surface area contributed by atoms with Crippen molar-refractivity contribution in [2.45, 2.75) is 71.0 Å². The molecule has 6 nitrogen and oxygen atoms in total. The first-order valence-corrected chi connectivity index (χ1v) is 14.3. The standard InChI is InChI=1S/C34H40BNO5/c1-32(2,3)23-16-17-30(37)22(18-23)19-24(35-40-33(4,5)34(6,7)41-35)20-36-31(38)39-21-29-27-14-10-8-12-25(27)26-13-9-11-15-28(26)29/h8-19,29,37H,20-21H2,1-7H3,(H,36,38). The summed E-state index contributed by atoms with van der Waals surface area (Å²) in [6.45, 7) is 14.7. The molecule has 5 rings (SSSR count). The van der Waals surface area contributed by atoms with E-state index in [0.717, 1.165) is 16.7 Å². The quantitative estimate of drug-likeness (QED) is 0.315. The van der Waals surface area contributed by atoms with Crippen molar-refractivity contribution in [3.05, 3.63) is 94.5 Å². The second kappa shape index (κ2) is 10.7. The molecule has 1 heterocycles. The molecule has 214 valence electrons. The lowest BCUT2D eigenvalue weighted by Crippen LogP contribution is -2.41. The normalized spacial score (nSPS) is 17.7. The molecule has 3 aromatic carbocycles. The van der Waals surface area contributed by atoms with Gasteiger partial charge in [0.15, 0.2) is 0 Å². The molecule has 0 atom stereocenters. The molecule has 1 saturated heterocycles. The Morgan fingerprint density at radius 1 is 0.951 bits per heavy atom. The molecule has 2 aliphatic rings. The number of ether oxygens (including phenoxy) is 1. The number of phenolic OH excluding ortho intramolecular Hbond substituents is 1. The number of alkyl carbamates (subject to hydrolysis) is 1. The number of hydrogen-bond donors (Lipinski definition) is 2. The van der Waals surface area contributed by atoms with Gasteiger partial charge in [0.2, 0.25) is 0 Å². The minimum Gasteiger partial charge on any atom is -0.507 e. The summed E-state index contributed by atoms with van der Waals surface area (Å²) in [6, 6.07) is 22.1. The number of nitrogens with one attached hydrogen (secondary N) is 1. The Kier molecular flexibility index (Phi) is 7.56. The smallest absolute Gasteiger partial charge is 0.492 e. The van der Waals surface area contributed by atoms with Crippen molar-refractivity contribution >= 4 is 19.3 Å². The van der Waals surface area contributed by atoms with Crippen LogP contribution < -0.4 is 5.32 Å². The summed E-state index contributed by atoms with van der Waals surface area (Å²) in [5, 5.41) is 13.6. The Labute approximate surface area is 243 Å². The summed E-state index contributed by atoms with van der Waals surface area (Å²) in [6.07, 6.45) is 1.32. The maximum Gasteiger partial charge on any atom is 0.492 e. The van der Waals surface area contributed by atoms with Crippen LogP contribution in [-0.2, 0) is 19.5 Å². The lowest BCUT2D eigenvalue weighted by atomic mass is 9.76. The second-order valence-electron chi connectivity index (χ2n) is 13.0. The summed E-state index contributed by atoms with van der Waals surface area (Å²) in [4.78, 5) is 13.0. The fourth-order valence-corrected chi connectivity index (χ4v) is 5.36. The second-order valence-corrected chi connectivity index (χ2v) is 13.0. The van der Waals surface area contributed by atoms with Crippen molar-refractivity contribution in [2.24, 2.45) is 0 Å². The van der Waals surface area contributed by atoms with Crippen LogP contribution in [0.25, 0.3) is 17.2 Å². The third-order valence-electron chi connectivity index (χ3n) is 8.57. The molecule has 0 saturated carbocycles. The molecule has 2 N–H and O–H groups in total. The van der Waals surface area contributed by atoms with E-state index in [1.807, 2.05) is 70.2 Å². The predicted octanol–water partition coefficient (Wildman–Crippen LogP) is 7.24. The molecule has 0 bridgehead atoms. The Bertz CT molecular complexity index is 1420. The van der Waals surface area contributed by atoms with Gasteiger partial charge in [0.1, 0.15) is 12.4 Å². The van der Waals surface area contributed by atoms with E-state index >= 15 is 0 Å². The van der Waals surface area contributed by atoms with Gasteiger partial charge in [0.25, 0.3) is 0 Å². The highest BCUT2D eigenvalue weighted by molar-refractivity contribution is 6.56. The maximum atomic E-state index is 13.0. The van der Waals surface area contributed by atoms with Gasteiger partial charge in [-0.15, -0.1) is 0 Å². The first-order valence-electron chi connectivity index (χ1n) is 14.3. The van der Waals surface area contributed by atoms with Gasteiger partial charge in [0.05, 0.1) is 11.2 Å². The van der Waals surface area contributed by atoms with E-state index in [2.05, 4.69) is 50.4 Å². The highest BCUT2D eigenvalue weighted by Gasteiger charge is 2.52. The Balaban J connectivity index is 1.35. The van der Waals surface area contributed by atoms with E-state index in [4.69, 9.17) is 14.0 Å². The molecule has 41 heavy (non-hydrogen) atoms. The minimum atomic E-state index is -0.702. The molecule has 0 aromatic heterocycles. The van der Waals surface area contributed by atoms with E-state index in [-0.39, 0.29) is 30.2 Å². The van der Waals surface area contributed by atoms with Crippen LogP contribution in [-0.4, -0.2) is 42.7 Å². The Morgan fingerprint density at radius 2 is 1.51 bits per heavy atom. The highest BCUT2D eigenvalue weighted by atomic mass is 16.7. The molecule has 3 aromatic rings. The number of hydrogen-bond acceptors (Lipinski definition) is 5. The van der Waals surface area contributed by atoms with Crippen molar-refractivity contribution in [1.82, 2.24) is 5.32 Å². The van der Waals surface area contributed by atoms with Crippen LogP contribution in [0.2, 0.25) is 0 Å². The van der Waals surface area contributed by atoms with E-state index in [1.165, 1.54) is 11.1 Å². The highest BCUT2D eigenvalue weighted by Crippen LogP contribution is 2.44. The maximum absolute atomic E-state index is 13.0. The van der Waals surface area contributed by atoms with Gasteiger partial charge < -0.3 is 24.5 Å². The first-order chi connectivity index (χ1) is 19.3. The number of phenols is 1. The van der Waals surface area contributed by atoms with E-state index in [1.54, 1.807) is 6.07 Å². The zero-order valence-corrected chi connectivity index (χ0v) is 25.1. The van der Waals surface area contributed by atoms with Crippen molar-refractivity contribution in [3.63, 3.8) is 0 Å². The summed E-state index contributed by atoms with van der Waals surface area (Å²) in [5.74, 6) is 0.122. The van der Waals surface area contributed by atoms with E-state index in [9.17, 15) is 9.90 Å². The van der Waals surface area contributed by atoms with Crippen LogP contribution >= 0.6 is 0 Å². The van der Waals surface area contributed by atoms with Crippen LogP contribution in [0.1, 0.15) is 76.6 Å². The third kappa shape index (κ3) is 5.79. The molecular formula is C34H40BNO5. The zero-order valence-electron chi connectivity index (χ0n) is 25.1. The van der Waals surface area contributed by atoms with Crippen molar-refractivity contribution in [1.29, 1.82) is 0 Å². The largest absolute Gasteiger partial charge is 0.507 e. The average Bonchev–Trinajstić information content (AvgIpc) is 3.34. The molecule has 1 aliphatic heterocycles. The Hall–Kier alpha value is -3.55. The van der Waals surface area contributed by atoms with Gasteiger partial charge in [-0.1, -0.05) is 81.4 Å². The number of fused-ring (bicyclic) bond motifs is 3. The van der Waals surface area contributed by atoms with Gasteiger partial charge in [0, 0.05) is 18.0 Å². The van der Waals surface area contributed by atoms with Gasteiger partial charge in [-0.3, -0.25) is 0 Å². The topological polar surface area (TPSA) is 77.0 Å². The van der Waals surface area contributed by atoms with Gasteiger partial charge in [-0.2, -0.15) is 0 Å². The van der Waals surface area contributed by atoms with E-state index < -0.39 is 24.4 Å². The van der Waals surface area contributed by atoms with Crippen LogP contribution in [0.3, 0.4) is 0 Å². The molecule has 0 spiro atoms. The number of carbonyl (C=O) groups is 1. The predicted molar refractivity (Wildman–Crippen MR) is 164 cm³/mol. The fourth-order valence-electron chi connectivity index (χ4n) is 5.36. The first kappa shape index (κ1) is 29.0. The monoisotopic (exact) mass is 553 g/mol. The molecule has 1 amide bonds. The van der Waals surface area contributed by atoms with Crippen LogP contribution in [0.4, 0.5) is 4.79 Å². The van der Waals surface area contributed by atoms with Crippen LogP contribution in [0.15, 0.2) is 72.2 Å². The van der Waals surface area contributed by atoms with Crippen LogP contribution in [0.5, 0.6) is 5.75 Å². The number of amides is 1. The SMILES string of the molecule is CC(C)(C)c1ccc(O)c(C=C(CNC(=O)OCC2c3ccccc3-c3ccccc32)B2OC(C)(C)C(C)(C)O2)c1. The van der Waals surface area contributed by atoms with Crippen molar-refractivity contribution in [3.8, 4) is 16.9 Å². The van der Waals surface area contributed by atoms with Crippen molar-refractivity contribution in [2.75, 3.05) is 13.2 Å². The Morgan fingerprint density at radius 3 is 2.07 bits per heavy atom. The number of aromatic hydroxyl groups is 1. The third-order valence-corrected chi connectivity index (χ3v) is 8.57. The summed E-state index contributed by atoms with van der Waals surface area (Å²) >= 11 is 0. The summed E-state index contributed by atoms with van der Waals surface area (Å²) in [7, 11) is -0.702. The molecule has 1 aliphatic carbocycles. The minimum absolute atomic E-state index is 0.0247. The number of carbonyl (C=O) groups excluding carboxylic acids is 1. The van der Waals surface area contributed by atoms with Crippen molar-refractivity contribution < 1.29 is 23.9 Å². The number of benzene rings is 3. The van der Waals surface area contributed by atoms with E-state index in [0.29, 0.717) is 11.0 Å². The molecule has 0 unspecified atom stereocenters. The van der Waals surface area contributed by atoms with Gasteiger partial charge in [-0.05, 0) is 78.5 Å². The molecular weight excluding hydrogens is 513 g/mol. The fraction of sp³-hybridized carbons (Fsp3) is 0.382. The summed E-state index contributed by atoms with van der Waals surface area (Å²) < 4.78 is 18.4. The lowest BCUT2D eigenvalue weighted by Gasteiger charge is -2.32. The van der Waals surface area contributed by atoms with Gasteiger partial charge >= 0.3 is 13.2 Å². The lowest BCUT2D eigenvalue weighted by molar-refractivity contribution is 0.00578. The number of rotatable bonds is 6. The molecule has 0 radical (unpaired) electrons.